The molecule has 0 saturated carbocycles. The van der Waals surface area contributed by atoms with Gasteiger partial charge in [-0.05, 0) is 18.2 Å². The number of hydrogen-bond donors (Lipinski definition) is 0. The van der Waals surface area contributed by atoms with Crippen LogP contribution in [0.5, 0.6) is 0 Å². The van der Waals surface area contributed by atoms with E-state index in [-0.39, 0.29) is 6.29 Å². The second kappa shape index (κ2) is 3.85. The Hall–Kier alpha value is -1.44. The first kappa shape index (κ1) is 12.6. The van der Waals surface area contributed by atoms with Crippen molar-refractivity contribution in [2.75, 3.05) is 0 Å². The molecular formula is C8H4F4O3S. The molecule has 0 fully saturated rings. The Balaban J connectivity index is 3.52. The topological polar surface area (TPSA) is 51.2 Å². The monoisotopic (exact) mass is 256 g/mol. The normalized spacial score (nSPS) is 12.5. The lowest BCUT2D eigenvalue weighted by Gasteiger charge is -2.09. The fourth-order valence-electron chi connectivity index (χ4n) is 0.981. The number of carbonyl (C=O) groups is 1. The summed E-state index contributed by atoms with van der Waals surface area (Å²) in [7, 11) is -5.63. The third-order valence-corrected chi connectivity index (χ3v) is 3.25. The molecule has 0 aliphatic heterocycles. The molecule has 0 saturated heterocycles. The number of carbonyl (C=O) groups excluding carboxylic acids is 1. The van der Waals surface area contributed by atoms with Gasteiger partial charge in [0.1, 0.15) is 5.82 Å². The molecule has 3 nitrogen and oxygen atoms in total. The van der Waals surface area contributed by atoms with Gasteiger partial charge >= 0.3 is 5.51 Å². The molecule has 1 aromatic carbocycles. The van der Waals surface area contributed by atoms with Gasteiger partial charge in [-0.25, -0.2) is 12.8 Å². The van der Waals surface area contributed by atoms with Crippen LogP contribution >= 0.6 is 0 Å². The van der Waals surface area contributed by atoms with Crippen LogP contribution in [0.25, 0.3) is 0 Å². The first-order chi connectivity index (χ1) is 7.20. The van der Waals surface area contributed by atoms with Crippen molar-refractivity contribution in [2.24, 2.45) is 0 Å². The van der Waals surface area contributed by atoms with Crippen LogP contribution in [0.1, 0.15) is 10.4 Å². The van der Waals surface area contributed by atoms with Crippen molar-refractivity contribution in [3.05, 3.63) is 29.6 Å². The minimum Gasteiger partial charge on any atom is -0.298 e. The smallest absolute Gasteiger partial charge is 0.298 e. The van der Waals surface area contributed by atoms with Crippen LogP contribution in [0.15, 0.2) is 23.1 Å². The van der Waals surface area contributed by atoms with Crippen molar-refractivity contribution in [3.63, 3.8) is 0 Å². The molecule has 1 aromatic rings. The number of aldehydes is 1. The molecule has 0 spiro atoms. The first-order valence-electron chi connectivity index (χ1n) is 3.76. The third kappa shape index (κ3) is 2.06. The molecule has 8 heteroatoms. The zero-order valence-electron chi connectivity index (χ0n) is 7.45. The zero-order chi connectivity index (χ0) is 12.6. The average Bonchev–Trinajstić information content (AvgIpc) is 2.15. The van der Waals surface area contributed by atoms with Gasteiger partial charge in [0.05, 0.1) is 4.90 Å². The van der Waals surface area contributed by atoms with Crippen molar-refractivity contribution in [2.45, 2.75) is 10.4 Å². The number of alkyl halides is 3. The Labute approximate surface area is 87.6 Å². The second-order valence-electron chi connectivity index (χ2n) is 2.75. The minimum atomic E-state index is -5.63. The first-order valence-corrected chi connectivity index (χ1v) is 5.24. The van der Waals surface area contributed by atoms with Gasteiger partial charge in [-0.2, -0.15) is 13.2 Å². The number of halogens is 4. The lowest BCUT2D eigenvalue weighted by molar-refractivity contribution is -0.0436. The summed E-state index contributed by atoms with van der Waals surface area (Å²) in [6, 6.07) is 1.36. The molecule has 0 aliphatic rings. The highest BCUT2D eigenvalue weighted by atomic mass is 32.2. The number of rotatable bonds is 2. The van der Waals surface area contributed by atoms with Gasteiger partial charge in [0.15, 0.2) is 6.29 Å². The summed E-state index contributed by atoms with van der Waals surface area (Å²) in [5.41, 5.74) is -6.39. The van der Waals surface area contributed by atoms with Crippen molar-refractivity contribution in [3.8, 4) is 0 Å². The van der Waals surface area contributed by atoms with Crippen molar-refractivity contribution in [1.82, 2.24) is 0 Å². The summed E-state index contributed by atoms with van der Waals surface area (Å²) in [5.74, 6) is -0.997. The van der Waals surface area contributed by atoms with E-state index in [0.29, 0.717) is 18.2 Å². The maximum Gasteiger partial charge on any atom is 0.501 e. The maximum atomic E-state index is 12.6. The van der Waals surface area contributed by atoms with E-state index in [0.717, 1.165) is 0 Å². The fourth-order valence-corrected chi connectivity index (χ4v) is 1.89. The molecule has 0 atom stereocenters. The molecule has 0 heterocycles. The van der Waals surface area contributed by atoms with Crippen LogP contribution in [-0.4, -0.2) is 20.2 Å². The van der Waals surface area contributed by atoms with E-state index in [2.05, 4.69) is 0 Å². The van der Waals surface area contributed by atoms with E-state index >= 15 is 0 Å². The van der Waals surface area contributed by atoms with Gasteiger partial charge in [-0.15, -0.1) is 0 Å². The van der Waals surface area contributed by atoms with E-state index in [1.807, 2.05) is 0 Å². The minimum absolute atomic E-state index is 0.151. The van der Waals surface area contributed by atoms with Gasteiger partial charge in [-0.1, -0.05) is 0 Å². The van der Waals surface area contributed by atoms with Crippen LogP contribution in [0.2, 0.25) is 0 Å². The summed E-state index contributed by atoms with van der Waals surface area (Å²) < 4.78 is 70.9. The van der Waals surface area contributed by atoms with Crippen LogP contribution in [0, 0.1) is 5.82 Å². The highest BCUT2D eigenvalue weighted by Crippen LogP contribution is 2.31. The van der Waals surface area contributed by atoms with Crippen LogP contribution in [0.4, 0.5) is 17.6 Å². The summed E-state index contributed by atoms with van der Waals surface area (Å²) in [6.45, 7) is 0. The molecule has 0 aliphatic carbocycles. The van der Waals surface area contributed by atoms with Crippen LogP contribution in [0.3, 0.4) is 0 Å². The standard InChI is InChI=1S/C8H4F4O3S/c9-6-1-2-7(5(3-6)4-13)16(14,15)8(10,11)12/h1-4H. The van der Waals surface area contributed by atoms with Crippen LogP contribution in [-0.2, 0) is 9.84 Å². The average molecular weight is 256 g/mol. The lowest BCUT2D eigenvalue weighted by atomic mass is 10.2. The molecule has 88 valence electrons. The predicted octanol–water partition coefficient (Wildman–Crippen LogP) is 1.93. The molecule has 0 aromatic heterocycles. The van der Waals surface area contributed by atoms with Gasteiger partial charge in [0.25, 0.3) is 9.84 Å². The van der Waals surface area contributed by atoms with Gasteiger partial charge in [0.2, 0.25) is 0 Å². The summed E-state index contributed by atoms with van der Waals surface area (Å²) in [6.07, 6.45) is -0.151. The molecule has 16 heavy (non-hydrogen) atoms. The second-order valence-corrected chi connectivity index (χ2v) is 4.66. The Bertz CT molecular complexity index is 519. The van der Waals surface area contributed by atoms with E-state index in [1.54, 1.807) is 0 Å². The molecule has 0 amide bonds. The number of hydrogen-bond acceptors (Lipinski definition) is 3. The van der Waals surface area contributed by atoms with Crippen molar-refractivity contribution < 1.29 is 30.8 Å². The zero-order valence-corrected chi connectivity index (χ0v) is 8.27. The predicted molar refractivity (Wildman–Crippen MR) is 45.0 cm³/mol. The summed E-state index contributed by atoms with van der Waals surface area (Å²) in [4.78, 5) is 9.10. The van der Waals surface area contributed by atoms with Gasteiger partial charge in [0, 0.05) is 5.56 Å². The molecule has 0 N–H and O–H groups in total. The molecule has 0 unspecified atom stereocenters. The lowest BCUT2D eigenvalue weighted by Crippen LogP contribution is -2.24. The molecule has 1 rings (SSSR count). The van der Waals surface area contributed by atoms with Gasteiger partial charge < -0.3 is 0 Å². The molecule has 0 radical (unpaired) electrons. The van der Waals surface area contributed by atoms with E-state index in [1.165, 1.54) is 0 Å². The van der Waals surface area contributed by atoms with Gasteiger partial charge in [-0.3, -0.25) is 4.79 Å². The number of sulfone groups is 1. The summed E-state index contributed by atoms with van der Waals surface area (Å²) >= 11 is 0. The SMILES string of the molecule is O=Cc1cc(F)ccc1S(=O)(=O)C(F)(F)F. The largest absolute Gasteiger partial charge is 0.501 e. The van der Waals surface area contributed by atoms with Crippen molar-refractivity contribution in [1.29, 1.82) is 0 Å². The Morgan fingerprint density at radius 1 is 1.19 bits per heavy atom. The van der Waals surface area contributed by atoms with E-state index in [9.17, 15) is 30.8 Å². The van der Waals surface area contributed by atoms with Crippen molar-refractivity contribution >= 4 is 16.1 Å². The Morgan fingerprint density at radius 2 is 1.75 bits per heavy atom. The Morgan fingerprint density at radius 3 is 2.19 bits per heavy atom. The highest BCUT2D eigenvalue weighted by molar-refractivity contribution is 7.92. The molecule has 0 bridgehead atoms. The summed E-state index contributed by atoms with van der Waals surface area (Å²) in [5, 5.41) is 0. The fraction of sp³-hybridized carbons (Fsp3) is 0.125. The number of benzene rings is 1. The highest BCUT2D eigenvalue weighted by Gasteiger charge is 2.47. The maximum absolute atomic E-state index is 12.6. The third-order valence-electron chi connectivity index (χ3n) is 1.69. The van der Waals surface area contributed by atoms with E-state index in [4.69, 9.17) is 0 Å². The quantitative estimate of drug-likeness (QED) is 0.461. The van der Waals surface area contributed by atoms with E-state index < -0.39 is 31.6 Å². The van der Waals surface area contributed by atoms with Crippen LogP contribution < -0.4 is 0 Å². The molecular weight excluding hydrogens is 252 g/mol. The Kier molecular flexibility index (Phi) is 3.04.